The van der Waals surface area contributed by atoms with Crippen molar-refractivity contribution >= 4 is 57.2 Å². The van der Waals surface area contributed by atoms with Gasteiger partial charge in [0.05, 0.1) is 34.3 Å². The molecular weight excluding hydrogens is 698 g/mol. The Balaban J connectivity index is 0.867. The van der Waals surface area contributed by atoms with Gasteiger partial charge in [-0.05, 0) is 76.4 Å². The number of nitrogens with one attached hydrogen (secondary N) is 5. The van der Waals surface area contributed by atoms with Gasteiger partial charge < -0.3 is 26.6 Å². The van der Waals surface area contributed by atoms with Crippen LogP contribution in [0.3, 0.4) is 0 Å². The number of anilines is 3. The first-order chi connectivity index (χ1) is 25.9. The minimum absolute atomic E-state index is 0.105. The van der Waals surface area contributed by atoms with Crippen LogP contribution in [0.4, 0.5) is 27.3 Å². The van der Waals surface area contributed by atoms with Crippen molar-refractivity contribution in [2.45, 2.75) is 63.7 Å². The van der Waals surface area contributed by atoms with E-state index in [1.54, 1.807) is 12.3 Å². The number of aliphatic imine (C=N–C) groups is 1. The molecule has 1 amide bonds. The van der Waals surface area contributed by atoms with E-state index in [0.717, 1.165) is 73.2 Å². The van der Waals surface area contributed by atoms with Gasteiger partial charge in [0.25, 0.3) is 0 Å². The molecular formula is C35H44FN15OS. The van der Waals surface area contributed by atoms with Crippen molar-refractivity contribution < 1.29 is 9.18 Å². The lowest BCUT2D eigenvalue weighted by molar-refractivity contribution is -0.116. The second kappa shape index (κ2) is 18.4. The Morgan fingerprint density at radius 1 is 1.04 bits per heavy atom. The molecule has 0 radical (unpaired) electrons. The maximum Gasteiger partial charge on any atom is 0.224 e. The number of nitrogens with zero attached hydrogens (tertiary/aromatic N) is 10. The van der Waals surface area contributed by atoms with Crippen LogP contribution in [0.2, 0.25) is 0 Å². The van der Waals surface area contributed by atoms with Crippen LogP contribution in [0, 0.1) is 5.82 Å². The van der Waals surface area contributed by atoms with E-state index in [-0.39, 0.29) is 18.3 Å². The Labute approximate surface area is 310 Å². The fraction of sp³-hybridized carbons (Fsp3) is 0.429. The summed E-state index contributed by atoms with van der Waals surface area (Å²) in [6, 6.07) is 8.51. The van der Waals surface area contributed by atoms with Crippen LogP contribution in [0.15, 0.2) is 64.3 Å². The van der Waals surface area contributed by atoms with Gasteiger partial charge in [0.2, 0.25) is 5.91 Å². The fourth-order valence-corrected chi connectivity index (χ4v) is 6.54. The minimum Gasteiger partial charge on any atom is -0.383 e. The van der Waals surface area contributed by atoms with Crippen LogP contribution < -0.4 is 26.6 Å². The lowest BCUT2D eigenvalue weighted by Gasteiger charge is -2.13. The van der Waals surface area contributed by atoms with Gasteiger partial charge in [-0.25, -0.2) is 19.3 Å². The Hall–Kier alpha value is -5.33. The SMILES string of the molecule is C=Nc1cc(NC(=O)CCC2(CCc3cn(CCCNC)nn3)N=N2)ccc1NCCCNCCc1nc2c(NCc3ncccc3F)ncnc2s1. The zero-order valence-electron chi connectivity index (χ0n) is 29.7. The van der Waals surface area contributed by atoms with E-state index < -0.39 is 5.66 Å². The minimum atomic E-state index is -0.513. The number of aryl methyl sites for hydroxylation is 2. The number of pyridine rings is 1. The van der Waals surface area contributed by atoms with E-state index in [0.29, 0.717) is 54.1 Å². The number of carbonyl (C=O) groups is 1. The van der Waals surface area contributed by atoms with Gasteiger partial charge in [0.15, 0.2) is 11.5 Å². The molecule has 6 rings (SSSR count). The highest BCUT2D eigenvalue weighted by Crippen LogP contribution is 2.38. The summed E-state index contributed by atoms with van der Waals surface area (Å²) < 4.78 is 15.8. The number of rotatable bonds is 23. The van der Waals surface area contributed by atoms with Crippen molar-refractivity contribution in [2.24, 2.45) is 15.2 Å². The molecule has 0 atom stereocenters. The van der Waals surface area contributed by atoms with Crippen molar-refractivity contribution in [1.82, 2.24) is 45.6 Å². The summed E-state index contributed by atoms with van der Waals surface area (Å²) in [5, 5.41) is 34.0. The van der Waals surface area contributed by atoms with Crippen LogP contribution in [0.5, 0.6) is 0 Å². The highest BCUT2D eigenvalue weighted by Gasteiger charge is 2.39. The van der Waals surface area contributed by atoms with Gasteiger partial charge in [0, 0.05) is 63.4 Å². The second-order valence-electron chi connectivity index (χ2n) is 12.6. The normalized spacial score (nSPS) is 12.9. The lowest BCUT2D eigenvalue weighted by Crippen LogP contribution is -2.20. The lowest BCUT2D eigenvalue weighted by atomic mass is 10.0. The zero-order valence-corrected chi connectivity index (χ0v) is 30.5. The van der Waals surface area contributed by atoms with Crippen LogP contribution in [0.25, 0.3) is 10.3 Å². The number of hydrogen-bond donors (Lipinski definition) is 5. The molecule has 0 aliphatic carbocycles. The number of hydrogen-bond acceptors (Lipinski definition) is 15. The molecule has 5 heterocycles. The Bertz CT molecular complexity index is 2010. The molecule has 0 fully saturated rings. The van der Waals surface area contributed by atoms with Crippen LogP contribution in [-0.2, 0) is 30.7 Å². The zero-order chi connectivity index (χ0) is 36.9. The molecule has 5 N–H and O–H groups in total. The molecule has 0 saturated carbocycles. The van der Waals surface area contributed by atoms with Gasteiger partial charge in [-0.15, -0.1) is 5.10 Å². The molecule has 0 bridgehead atoms. The maximum atomic E-state index is 14.0. The summed E-state index contributed by atoms with van der Waals surface area (Å²) in [6.45, 7) is 7.95. The molecule has 1 aliphatic heterocycles. The third-order valence-electron chi connectivity index (χ3n) is 8.63. The van der Waals surface area contributed by atoms with E-state index in [9.17, 15) is 9.18 Å². The van der Waals surface area contributed by atoms with Crippen molar-refractivity contribution in [3.8, 4) is 0 Å². The molecule has 4 aromatic heterocycles. The first kappa shape index (κ1) is 37.4. The van der Waals surface area contributed by atoms with Gasteiger partial charge in [-0.1, -0.05) is 16.6 Å². The van der Waals surface area contributed by atoms with Crippen LogP contribution in [-0.4, -0.2) is 86.4 Å². The first-order valence-corrected chi connectivity index (χ1v) is 18.5. The number of aromatic nitrogens is 7. The molecule has 5 aromatic rings. The first-order valence-electron chi connectivity index (χ1n) is 17.7. The Kier molecular flexibility index (Phi) is 13.0. The van der Waals surface area contributed by atoms with Gasteiger partial charge in [-0.3, -0.25) is 19.5 Å². The smallest absolute Gasteiger partial charge is 0.224 e. The van der Waals surface area contributed by atoms with Crippen LogP contribution >= 0.6 is 11.3 Å². The topological polar surface area (TPSA) is 197 Å². The van der Waals surface area contributed by atoms with E-state index in [1.807, 2.05) is 36.1 Å². The predicted octanol–water partition coefficient (Wildman–Crippen LogP) is 4.91. The van der Waals surface area contributed by atoms with E-state index in [4.69, 9.17) is 4.98 Å². The number of benzene rings is 1. The monoisotopic (exact) mass is 741 g/mol. The number of halogens is 1. The van der Waals surface area contributed by atoms with Crippen molar-refractivity contribution in [3.05, 3.63) is 71.3 Å². The summed E-state index contributed by atoms with van der Waals surface area (Å²) in [5.74, 6) is 0.0828. The highest BCUT2D eigenvalue weighted by molar-refractivity contribution is 7.18. The number of carbonyl (C=O) groups excluding carboxylic acids is 1. The molecule has 18 heteroatoms. The van der Waals surface area contributed by atoms with Crippen molar-refractivity contribution in [1.29, 1.82) is 0 Å². The Morgan fingerprint density at radius 3 is 2.77 bits per heavy atom. The average molecular weight is 742 g/mol. The summed E-state index contributed by atoms with van der Waals surface area (Å²) >= 11 is 1.52. The predicted molar refractivity (Wildman–Crippen MR) is 204 cm³/mol. The van der Waals surface area contributed by atoms with E-state index >= 15 is 0 Å². The summed E-state index contributed by atoms with van der Waals surface area (Å²) in [5.41, 5.74) is 3.54. The van der Waals surface area contributed by atoms with E-state index in [1.165, 1.54) is 23.7 Å². The maximum absolute atomic E-state index is 14.0. The van der Waals surface area contributed by atoms with Crippen LogP contribution in [0.1, 0.15) is 48.5 Å². The number of amides is 1. The third-order valence-corrected chi connectivity index (χ3v) is 9.65. The molecule has 16 nitrogen and oxygen atoms in total. The molecule has 1 aliphatic rings. The second-order valence-corrected chi connectivity index (χ2v) is 13.7. The largest absolute Gasteiger partial charge is 0.383 e. The highest BCUT2D eigenvalue weighted by atomic mass is 32.1. The van der Waals surface area contributed by atoms with E-state index in [2.05, 4.69) is 73.8 Å². The summed E-state index contributed by atoms with van der Waals surface area (Å²) in [6.07, 6.45) is 9.86. The number of fused-ring (bicyclic) bond motifs is 1. The summed E-state index contributed by atoms with van der Waals surface area (Å²) in [7, 11) is 1.93. The summed E-state index contributed by atoms with van der Waals surface area (Å²) in [4.78, 5) is 35.2. The standard InChI is InChI=1S/C35H44FN15OS/c1-37-14-5-19-51-22-25(47-50-51)9-12-35(48-49-35)13-10-30(52)45-24-7-8-27(28(20-24)38-2)40-17-4-15-39-18-11-31-46-32-33(43-23-44-34(32)53-31)42-21-29-26(36)6-3-16-41-29/h3,6-8,16,20,22-23,37,39-40H,2,4-5,9-15,17-19,21H2,1H3,(H,45,52)(H,42,43,44). The van der Waals surface area contributed by atoms with Gasteiger partial charge >= 0.3 is 0 Å². The van der Waals surface area contributed by atoms with Gasteiger partial charge in [-0.2, -0.15) is 10.2 Å². The third kappa shape index (κ3) is 10.8. The molecule has 278 valence electrons. The molecule has 53 heavy (non-hydrogen) atoms. The number of thiazole rings is 1. The average Bonchev–Trinajstić information content (AvgIpc) is 3.57. The van der Waals surface area contributed by atoms with Gasteiger partial charge in [0.1, 0.15) is 22.5 Å². The molecule has 0 unspecified atom stereocenters. The fourth-order valence-electron chi connectivity index (χ4n) is 5.64. The van der Waals surface area contributed by atoms with Crippen molar-refractivity contribution in [3.63, 3.8) is 0 Å². The Morgan fingerprint density at radius 2 is 1.94 bits per heavy atom. The quantitative estimate of drug-likeness (QED) is 0.0451. The molecule has 0 saturated heterocycles. The molecule has 1 aromatic carbocycles. The van der Waals surface area contributed by atoms with Crippen molar-refractivity contribution in [2.75, 3.05) is 49.2 Å². The molecule has 0 spiro atoms.